The second-order valence-electron chi connectivity index (χ2n) is 8.66. The lowest BCUT2D eigenvalue weighted by Crippen LogP contribution is -2.38. The predicted octanol–water partition coefficient (Wildman–Crippen LogP) is 6.38. The molecule has 0 saturated heterocycles. The number of hydrogen-bond acceptors (Lipinski definition) is 7. The fourth-order valence-electron chi connectivity index (χ4n) is 4.24. The standard InChI is InChI=1S/C23H18ClF6N5OS2/c24-14-5-12-9-35(10-22(25,26)27)3-1-11(12)6-15(14)33-21-32-8-13(23(28,29)30)18(34-21)16-7-17-19(38-16)20(36)31-2-4-37-17/h5-8H,1-4,9-10H2,(H,31,36)(H,32,33,34). The molecule has 1 amide bonds. The number of amides is 1. The maximum Gasteiger partial charge on any atom is 0.420 e. The summed E-state index contributed by atoms with van der Waals surface area (Å²) in [5, 5.41) is 5.72. The first kappa shape index (κ1) is 27.0. The molecule has 4 heterocycles. The number of nitrogens with one attached hydrogen (secondary N) is 2. The number of halogens is 7. The molecule has 38 heavy (non-hydrogen) atoms. The van der Waals surface area contributed by atoms with E-state index in [0.29, 0.717) is 45.9 Å². The van der Waals surface area contributed by atoms with Crippen molar-refractivity contribution < 1.29 is 31.1 Å². The molecule has 6 nitrogen and oxygen atoms in total. The summed E-state index contributed by atoms with van der Waals surface area (Å²) in [5.74, 6) is 0.0875. The van der Waals surface area contributed by atoms with Crippen molar-refractivity contribution >= 4 is 52.2 Å². The molecule has 5 rings (SSSR count). The lowest BCUT2D eigenvalue weighted by molar-refractivity contribution is -0.147. The van der Waals surface area contributed by atoms with Gasteiger partial charge in [-0.05, 0) is 35.7 Å². The number of anilines is 2. The average Bonchev–Trinajstić information content (AvgIpc) is 3.17. The van der Waals surface area contributed by atoms with Crippen LogP contribution in [0.1, 0.15) is 26.4 Å². The number of thioether (sulfide) groups is 1. The Morgan fingerprint density at radius 3 is 2.66 bits per heavy atom. The topological polar surface area (TPSA) is 70.2 Å². The van der Waals surface area contributed by atoms with Crippen molar-refractivity contribution in [2.24, 2.45) is 0 Å². The van der Waals surface area contributed by atoms with Crippen molar-refractivity contribution in [2.45, 2.75) is 30.2 Å². The van der Waals surface area contributed by atoms with Crippen molar-refractivity contribution in [1.82, 2.24) is 20.2 Å². The molecule has 202 valence electrons. The van der Waals surface area contributed by atoms with Crippen molar-refractivity contribution in [3.05, 3.63) is 51.0 Å². The summed E-state index contributed by atoms with van der Waals surface area (Å²) in [7, 11) is 0. The molecule has 0 bridgehead atoms. The molecule has 0 fully saturated rings. The van der Waals surface area contributed by atoms with Crippen LogP contribution in [-0.4, -0.2) is 52.3 Å². The van der Waals surface area contributed by atoms with E-state index in [1.807, 2.05) is 0 Å². The Kier molecular flexibility index (Phi) is 7.26. The molecule has 2 N–H and O–H groups in total. The fourth-order valence-corrected chi connectivity index (χ4v) is 6.67. The maximum atomic E-state index is 13.8. The van der Waals surface area contributed by atoms with Crippen LogP contribution < -0.4 is 10.6 Å². The van der Waals surface area contributed by atoms with Crippen molar-refractivity contribution in [3.63, 3.8) is 0 Å². The Morgan fingerprint density at radius 1 is 1.13 bits per heavy atom. The van der Waals surface area contributed by atoms with E-state index in [2.05, 4.69) is 20.6 Å². The van der Waals surface area contributed by atoms with Crippen LogP contribution in [-0.2, 0) is 19.1 Å². The molecule has 0 spiro atoms. The molecule has 0 saturated carbocycles. The van der Waals surface area contributed by atoms with Gasteiger partial charge in [0.15, 0.2) is 0 Å². The Balaban J connectivity index is 1.46. The predicted molar refractivity (Wildman–Crippen MR) is 133 cm³/mol. The van der Waals surface area contributed by atoms with Gasteiger partial charge in [-0.2, -0.15) is 26.3 Å². The zero-order valence-corrected chi connectivity index (χ0v) is 21.7. The van der Waals surface area contributed by atoms with Gasteiger partial charge in [0.2, 0.25) is 5.95 Å². The fraction of sp³-hybridized carbons (Fsp3) is 0.348. The van der Waals surface area contributed by atoms with Gasteiger partial charge in [0.1, 0.15) is 10.4 Å². The third-order valence-corrected chi connectivity index (χ3v) is 8.53. The number of hydrogen-bond donors (Lipinski definition) is 2. The molecule has 2 aliphatic heterocycles. The van der Waals surface area contributed by atoms with Gasteiger partial charge in [0, 0.05) is 36.5 Å². The molecule has 1 aromatic carbocycles. The van der Waals surface area contributed by atoms with Crippen LogP contribution in [0.25, 0.3) is 10.6 Å². The van der Waals surface area contributed by atoms with Gasteiger partial charge in [-0.15, -0.1) is 23.1 Å². The van der Waals surface area contributed by atoms with Crippen molar-refractivity contribution in [1.29, 1.82) is 0 Å². The summed E-state index contributed by atoms with van der Waals surface area (Å²) in [6.45, 7) is -0.302. The lowest BCUT2D eigenvalue weighted by atomic mass is 9.99. The highest BCUT2D eigenvalue weighted by molar-refractivity contribution is 7.99. The van der Waals surface area contributed by atoms with Crippen LogP contribution in [0.4, 0.5) is 38.0 Å². The van der Waals surface area contributed by atoms with E-state index in [1.165, 1.54) is 22.7 Å². The number of benzene rings is 1. The highest BCUT2D eigenvalue weighted by Gasteiger charge is 2.37. The van der Waals surface area contributed by atoms with Gasteiger partial charge in [0.05, 0.1) is 27.8 Å². The highest BCUT2D eigenvalue weighted by atomic mass is 35.5. The molecular formula is C23H18ClF6N5OS2. The van der Waals surface area contributed by atoms with E-state index < -0.39 is 24.5 Å². The zero-order valence-electron chi connectivity index (χ0n) is 19.3. The molecule has 0 radical (unpaired) electrons. The number of carbonyl (C=O) groups is 1. The van der Waals surface area contributed by atoms with E-state index in [4.69, 9.17) is 11.6 Å². The quantitative estimate of drug-likeness (QED) is 0.342. The van der Waals surface area contributed by atoms with Crippen LogP contribution in [0.5, 0.6) is 0 Å². The van der Waals surface area contributed by atoms with Gasteiger partial charge in [-0.3, -0.25) is 9.69 Å². The first-order chi connectivity index (χ1) is 17.9. The molecule has 0 unspecified atom stereocenters. The summed E-state index contributed by atoms with van der Waals surface area (Å²) >= 11 is 8.66. The smallest absolute Gasteiger partial charge is 0.350 e. The minimum absolute atomic E-state index is 0.0738. The molecule has 15 heteroatoms. The number of nitrogens with zero attached hydrogens (tertiary/aromatic N) is 3. The monoisotopic (exact) mass is 593 g/mol. The second kappa shape index (κ2) is 10.2. The summed E-state index contributed by atoms with van der Waals surface area (Å²) < 4.78 is 79.8. The van der Waals surface area contributed by atoms with Crippen LogP contribution in [0.2, 0.25) is 5.02 Å². The third kappa shape index (κ3) is 5.87. The van der Waals surface area contributed by atoms with E-state index >= 15 is 0 Å². The first-order valence-corrected chi connectivity index (χ1v) is 13.4. The number of fused-ring (bicyclic) bond motifs is 2. The van der Waals surface area contributed by atoms with Crippen molar-refractivity contribution in [2.75, 3.05) is 30.7 Å². The number of aromatic nitrogens is 2. The van der Waals surface area contributed by atoms with Gasteiger partial charge in [0.25, 0.3) is 5.91 Å². The maximum absolute atomic E-state index is 13.8. The van der Waals surface area contributed by atoms with Gasteiger partial charge in [-0.25, -0.2) is 9.97 Å². The zero-order chi connectivity index (χ0) is 27.2. The Hall–Kier alpha value is -2.55. The van der Waals surface area contributed by atoms with E-state index in [9.17, 15) is 31.1 Å². The summed E-state index contributed by atoms with van der Waals surface area (Å²) in [6, 6.07) is 4.71. The minimum Gasteiger partial charge on any atom is -0.350 e. The number of thiophene rings is 1. The SMILES string of the molecule is O=C1NCCSc2cc(-c3nc(Nc4cc5c(cc4Cl)CN(CC(F)(F)F)CC5)ncc3C(F)(F)F)sc21. The number of carbonyl (C=O) groups excluding carboxylic acids is 1. The second-order valence-corrected chi connectivity index (χ2v) is 11.3. The summed E-state index contributed by atoms with van der Waals surface area (Å²) in [4.78, 5) is 22.6. The summed E-state index contributed by atoms with van der Waals surface area (Å²) in [6.07, 6.45) is -8.04. The molecule has 3 aromatic rings. The van der Waals surface area contributed by atoms with Crippen LogP contribution in [0.3, 0.4) is 0 Å². The van der Waals surface area contributed by atoms with Crippen molar-refractivity contribution in [3.8, 4) is 10.6 Å². The average molecular weight is 594 g/mol. The molecule has 2 aliphatic rings. The van der Waals surface area contributed by atoms with E-state index in [0.717, 1.165) is 16.9 Å². The van der Waals surface area contributed by atoms with Gasteiger partial charge >= 0.3 is 12.4 Å². The first-order valence-electron chi connectivity index (χ1n) is 11.2. The minimum atomic E-state index is -4.74. The molecule has 0 atom stereocenters. The Labute approximate surface area is 225 Å². The third-order valence-electron chi connectivity index (χ3n) is 5.91. The summed E-state index contributed by atoms with van der Waals surface area (Å²) in [5.41, 5.74) is 0.301. The van der Waals surface area contributed by atoms with Crippen LogP contribution in [0, 0.1) is 0 Å². The lowest BCUT2D eigenvalue weighted by Gasteiger charge is -2.30. The van der Waals surface area contributed by atoms with Gasteiger partial charge < -0.3 is 10.6 Å². The molecular weight excluding hydrogens is 576 g/mol. The van der Waals surface area contributed by atoms with Crippen LogP contribution >= 0.6 is 34.7 Å². The molecule has 2 aromatic heterocycles. The Bertz CT molecular complexity index is 1390. The molecule has 0 aliphatic carbocycles. The van der Waals surface area contributed by atoms with E-state index in [1.54, 1.807) is 12.1 Å². The van der Waals surface area contributed by atoms with Gasteiger partial charge in [-0.1, -0.05) is 11.6 Å². The van der Waals surface area contributed by atoms with E-state index in [-0.39, 0.29) is 40.5 Å². The van der Waals surface area contributed by atoms with Crippen LogP contribution in [0.15, 0.2) is 29.3 Å². The number of alkyl halides is 6. The number of rotatable bonds is 4. The Morgan fingerprint density at radius 2 is 1.92 bits per heavy atom. The normalized spacial score (nSPS) is 16.4. The highest BCUT2D eigenvalue weighted by Crippen LogP contribution is 2.43. The largest absolute Gasteiger partial charge is 0.420 e.